The molecule has 0 spiro atoms. The molecular weight excluding hydrogens is 329 g/mol. The van der Waals surface area contributed by atoms with Crippen LogP contribution in [0.3, 0.4) is 0 Å². The van der Waals surface area contributed by atoms with Crippen LogP contribution in [0.15, 0.2) is 42.3 Å². The Morgan fingerprint density at radius 2 is 1.47 bits per heavy atom. The molecule has 0 bridgehead atoms. The van der Waals surface area contributed by atoms with E-state index in [0.717, 1.165) is 0 Å². The number of halogens is 3. The van der Waals surface area contributed by atoms with Crippen molar-refractivity contribution in [3.8, 4) is 0 Å². The summed E-state index contributed by atoms with van der Waals surface area (Å²) in [6.45, 7) is 7.33. The lowest BCUT2D eigenvalue weighted by molar-refractivity contribution is 0.474. The Labute approximate surface area is 128 Å². The minimum atomic E-state index is -3.78. The summed E-state index contributed by atoms with van der Waals surface area (Å²) in [6.07, 6.45) is 2.96. The zero-order chi connectivity index (χ0) is 14.6. The highest BCUT2D eigenvalue weighted by molar-refractivity contribution is 7.89. The predicted octanol–water partition coefficient (Wildman–Crippen LogP) is 4.01. The third kappa shape index (κ3) is 3.74. The van der Waals surface area contributed by atoms with Gasteiger partial charge in [-0.3, -0.25) is 0 Å². The average Bonchev–Trinajstić information content (AvgIpc) is 2.33. The van der Waals surface area contributed by atoms with Gasteiger partial charge in [-0.15, -0.1) is 13.2 Å². The summed E-state index contributed by atoms with van der Waals surface area (Å²) in [5.41, 5.74) is 0. The first-order valence-corrected chi connectivity index (χ1v) is 7.78. The first-order chi connectivity index (χ1) is 8.84. The van der Waals surface area contributed by atoms with E-state index in [1.165, 1.54) is 28.6 Å². The Bertz CT molecular complexity index is 589. The highest BCUT2D eigenvalue weighted by Gasteiger charge is 2.26. The second-order valence-corrected chi connectivity index (χ2v) is 6.72. The van der Waals surface area contributed by atoms with Crippen molar-refractivity contribution in [2.24, 2.45) is 0 Å². The number of hydrogen-bond acceptors (Lipinski definition) is 2. The molecule has 0 aliphatic carbocycles. The van der Waals surface area contributed by atoms with Gasteiger partial charge in [0.1, 0.15) is 4.90 Å². The van der Waals surface area contributed by atoms with Crippen molar-refractivity contribution in [3.63, 3.8) is 0 Å². The molecule has 0 aromatic heterocycles. The number of nitrogens with zero attached hydrogens (tertiary/aromatic N) is 1. The maximum absolute atomic E-state index is 12.4. The number of benzene rings is 1. The first kappa shape index (κ1) is 16.5. The quantitative estimate of drug-likeness (QED) is 0.579. The third-order valence-corrected chi connectivity index (χ3v) is 5.28. The second-order valence-electron chi connectivity index (χ2n) is 3.60. The van der Waals surface area contributed by atoms with Crippen LogP contribution in [0.4, 0.5) is 0 Å². The lowest BCUT2D eigenvalue weighted by Gasteiger charge is -2.20. The molecule has 0 aliphatic rings. The Kier molecular flexibility index (Phi) is 5.89. The zero-order valence-electron chi connectivity index (χ0n) is 9.94. The predicted molar refractivity (Wildman–Crippen MR) is 80.6 cm³/mol. The molecule has 3 nitrogen and oxygen atoms in total. The summed E-state index contributed by atoms with van der Waals surface area (Å²) in [6, 6.07) is 2.54. The molecule has 0 radical (unpaired) electrons. The van der Waals surface area contributed by atoms with Gasteiger partial charge in [0, 0.05) is 13.1 Å². The van der Waals surface area contributed by atoms with Gasteiger partial charge >= 0.3 is 0 Å². The van der Waals surface area contributed by atoms with Gasteiger partial charge in [-0.1, -0.05) is 47.0 Å². The van der Waals surface area contributed by atoms with Gasteiger partial charge in [0.25, 0.3) is 0 Å². The van der Waals surface area contributed by atoms with Crippen molar-refractivity contribution in [1.82, 2.24) is 4.31 Å². The Morgan fingerprint density at radius 3 is 1.95 bits per heavy atom. The van der Waals surface area contributed by atoms with E-state index >= 15 is 0 Å². The van der Waals surface area contributed by atoms with Crippen molar-refractivity contribution in [1.29, 1.82) is 0 Å². The highest BCUT2D eigenvalue weighted by atomic mass is 35.5. The minimum absolute atomic E-state index is 0.0209. The SMILES string of the molecule is C=CCN(CC=C)S(=O)(=O)c1cc(Cl)c(Cl)cc1Cl. The van der Waals surface area contributed by atoms with Crippen molar-refractivity contribution >= 4 is 44.8 Å². The number of hydrogen-bond donors (Lipinski definition) is 0. The summed E-state index contributed by atoms with van der Waals surface area (Å²) in [7, 11) is -3.78. The van der Waals surface area contributed by atoms with Gasteiger partial charge in [0.15, 0.2) is 0 Å². The molecule has 7 heteroatoms. The molecule has 19 heavy (non-hydrogen) atoms. The summed E-state index contributed by atoms with van der Waals surface area (Å²) in [4.78, 5) is -0.0905. The van der Waals surface area contributed by atoms with Gasteiger partial charge < -0.3 is 0 Å². The molecule has 0 aliphatic heterocycles. The number of sulfonamides is 1. The average molecular weight is 341 g/mol. The van der Waals surface area contributed by atoms with Crippen LogP contribution in [0, 0.1) is 0 Å². The fourth-order valence-electron chi connectivity index (χ4n) is 1.40. The van der Waals surface area contributed by atoms with Crippen molar-refractivity contribution in [2.75, 3.05) is 13.1 Å². The third-order valence-electron chi connectivity index (χ3n) is 2.26. The molecule has 1 aromatic carbocycles. The van der Waals surface area contributed by atoms with Crippen LogP contribution < -0.4 is 0 Å². The van der Waals surface area contributed by atoms with E-state index in [1.54, 1.807) is 0 Å². The van der Waals surface area contributed by atoms with Gasteiger partial charge in [-0.05, 0) is 12.1 Å². The maximum Gasteiger partial charge on any atom is 0.245 e. The van der Waals surface area contributed by atoms with E-state index in [0.29, 0.717) is 0 Å². The molecular formula is C12H12Cl3NO2S. The van der Waals surface area contributed by atoms with Crippen molar-refractivity contribution < 1.29 is 8.42 Å². The van der Waals surface area contributed by atoms with E-state index < -0.39 is 10.0 Å². The van der Waals surface area contributed by atoms with Gasteiger partial charge in [0.05, 0.1) is 15.1 Å². The molecule has 0 N–H and O–H groups in total. The lowest BCUT2D eigenvalue weighted by Crippen LogP contribution is -2.31. The minimum Gasteiger partial charge on any atom is -0.207 e. The van der Waals surface area contributed by atoms with E-state index in [1.807, 2.05) is 0 Å². The van der Waals surface area contributed by atoms with E-state index in [2.05, 4.69) is 13.2 Å². The summed E-state index contributed by atoms with van der Waals surface area (Å²) < 4.78 is 26.1. The molecule has 1 aromatic rings. The van der Waals surface area contributed by atoms with Crippen molar-refractivity contribution in [3.05, 3.63) is 52.5 Å². The molecule has 0 atom stereocenters. The molecule has 0 amide bonds. The topological polar surface area (TPSA) is 37.4 Å². The van der Waals surface area contributed by atoms with E-state index in [-0.39, 0.29) is 33.1 Å². The zero-order valence-corrected chi connectivity index (χ0v) is 13.0. The van der Waals surface area contributed by atoms with Crippen LogP contribution in [0.25, 0.3) is 0 Å². The fourth-order valence-corrected chi connectivity index (χ4v) is 3.76. The maximum atomic E-state index is 12.4. The molecule has 0 unspecified atom stereocenters. The van der Waals surface area contributed by atoms with Crippen LogP contribution in [-0.2, 0) is 10.0 Å². The lowest BCUT2D eigenvalue weighted by atomic mass is 10.4. The largest absolute Gasteiger partial charge is 0.245 e. The normalized spacial score (nSPS) is 11.6. The summed E-state index contributed by atoms with van der Waals surface area (Å²) in [5.74, 6) is 0. The summed E-state index contributed by atoms with van der Waals surface area (Å²) in [5, 5.41) is 0.346. The standard InChI is InChI=1S/C12H12Cl3NO2S/c1-3-5-16(6-4-2)19(17,18)12-8-10(14)9(13)7-11(12)15/h3-4,7-8H,1-2,5-6H2. The van der Waals surface area contributed by atoms with Crippen LogP contribution >= 0.6 is 34.8 Å². The van der Waals surface area contributed by atoms with Crippen molar-refractivity contribution in [2.45, 2.75) is 4.90 Å². The molecule has 0 saturated heterocycles. The van der Waals surface area contributed by atoms with Crippen LogP contribution in [-0.4, -0.2) is 25.8 Å². The Morgan fingerprint density at radius 1 is 1.00 bits per heavy atom. The van der Waals surface area contributed by atoms with Crippen LogP contribution in [0.2, 0.25) is 15.1 Å². The summed E-state index contributed by atoms with van der Waals surface area (Å²) >= 11 is 17.5. The van der Waals surface area contributed by atoms with Gasteiger partial charge in [-0.25, -0.2) is 8.42 Å². The van der Waals surface area contributed by atoms with E-state index in [4.69, 9.17) is 34.8 Å². The monoisotopic (exact) mass is 339 g/mol. The van der Waals surface area contributed by atoms with Crippen LogP contribution in [0.1, 0.15) is 0 Å². The highest BCUT2D eigenvalue weighted by Crippen LogP contribution is 2.33. The molecule has 0 heterocycles. The molecule has 0 fully saturated rings. The Balaban J connectivity index is 3.36. The van der Waals surface area contributed by atoms with Gasteiger partial charge in [-0.2, -0.15) is 4.31 Å². The number of rotatable bonds is 6. The molecule has 0 saturated carbocycles. The second kappa shape index (κ2) is 6.77. The molecule has 104 valence electrons. The fraction of sp³-hybridized carbons (Fsp3) is 0.167. The van der Waals surface area contributed by atoms with E-state index in [9.17, 15) is 8.42 Å². The smallest absolute Gasteiger partial charge is 0.207 e. The Hall–Kier alpha value is -0.520. The van der Waals surface area contributed by atoms with Crippen LogP contribution in [0.5, 0.6) is 0 Å². The van der Waals surface area contributed by atoms with Gasteiger partial charge in [0.2, 0.25) is 10.0 Å². The molecule has 1 rings (SSSR count). The first-order valence-electron chi connectivity index (χ1n) is 5.21.